The summed E-state index contributed by atoms with van der Waals surface area (Å²) in [6.45, 7) is 0.304. The van der Waals surface area contributed by atoms with Gasteiger partial charge in [-0.25, -0.2) is 4.79 Å². The van der Waals surface area contributed by atoms with Crippen molar-refractivity contribution in [3.8, 4) is 11.5 Å². The largest absolute Gasteiger partial charge is 0.493 e. The first kappa shape index (κ1) is 18.1. The second-order valence-electron chi connectivity index (χ2n) is 5.14. The van der Waals surface area contributed by atoms with Crippen LogP contribution in [0.25, 0.3) is 6.08 Å². The molecule has 2 aromatic carbocycles. The lowest BCUT2D eigenvalue weighted by Gasteiger charge is -2.09. The topological polar surface area (TPSA) is 84.9 Å². The Morgan fingerprint density at radius 2 is 1.80 bits per heavy atom. The summed E-state index contributed by atoms with van der Waals surface area (Å²) < 4.78 is 10.5. The van der Waals surface area contributed by atoms with Crippen LogP contribution in [0.15, 0.2) is 48.5 Å². The van der Waals surface area contributed by atoms with E-state index in [1.165, 1.54) is 25.3 Å². The molecule has 0 fully saturated rings. The maximum atomic E-state index is 12.0. The smallest absolute Gasteiger partial charge is 0.335 e. The Kier molecular flexibility index (Phi) is 6.17. The first-order valence-corrected chi connectivity index (χ1v) is 7.54. The van der Waals surface area contributed by atoms with Gasteiger partial charge in [0.05, 0.1) is 19.8 Å². The second kappa shape index (κ2) is 8.54. The monoisotopic (exact) mass is 341 g/mol. The van der Waals surface area contributed by atoms with E-state index in [1.54, 1.807) is 31.4 Å². The molecule has 25 heavy (non-hydrogen) atoms. The highest BCUT2D eigenvalue weighted by Gasteiger charge is 2.07. The number of aromatic carboxylic acids is 1. The van der Waals surface area contributed by atoms with E-state index in [2.05, 4.69) is 5.32 Å². The van der Waals surface area contributed by atoms with Crippen LogP contribution in [0, 0.1) is 0 Å². The maximum absolute atomic E-state index is 12.0. The molecule has 0 aliphatic rings. The molecular formula is C19H19NO5. The number of rotatable bonds is 7. The number of carbonyl (C=O) groups excluding carboxylic acids is 1. The van der Waals surface area contributed by atoms with Gasteiger partial charge in [0, 0.05) is 18.2 Å². The van der Waals surface area contributed by atoms with Crippen LogP contribution >= 0.6 is 0 Å². The fourth-order valence-corrected chi connectivity index (χ4v) is 2.22. The van der Waals surface area contributed by atoms with Crippen molar-refractivity contribution in [1.29, 1.82) is 0 Å². The molecule has 0 saturated heterocycles. The van der Waals surface area contributed by atoms with E-state index >= 15 is 0 Å². The Morgan fingerprint density at radius 1 is 1.08 bits per heavy atom. The van der Waals surface area contributed by atoms with Gasteiger partial charge in [-0.1, -0.05) is 24.3 Å². The molecule has 0 saturated carbocycles. The van der Waals surface area contributed by atoms with Crippen LogP contribution in [-0.4, -0.2) is 31.2 Å². The fourth-order valence-electron chi connectivity index (χ4n) is 2.22. The molecule has 0 atom stereocenters. The van der Waals surface area contributed by atoms with Crippen LogP contribution in [0.1, 0.15) is 21.5 Å². The molecular weight excluding hydrogens is 322 g/mol. The average molecular weight is 341 g/mol. The SMILES string of the molecule is COc1cccc(/C=C\C(=O)NCc2ccc(C(=O)O)cc2)c1OC. The Bertz CT molecular complexity index is 781. The van der Waals surface area contributed by atoms with Gasteiger partial charge in [0.15, 0.2) is 11.5 Å². The van der Waals surface area contributed by atoms with Gasteiger partial charge in [0.25, 0.3) is 0 Å². The molecule has 6 nitrogen and oxygen atoms in total. The molecule has 0 heterocycles. The van der Waals surface area contributed by atoms with Gasteiger partial charge in [-0.15, -0.1) is 0 Å². The van der Waals surface area contributed by atoms with Gasteiger partial charge in [0.2, 0.25) is 5.91 Å². The number of hydrogen-bond acceptors (Lipinski definition) is 4. The summed E-state index contributed by atoms with van der Waals surface area (Å²) in [5, 5.41) is 11.6. The number of hydrogen-bond donors (Lipinski definition) is 2. The molecule has 2 N–H and O–H groups in total. The lowest BCUT2D eigenvalue weighted by atomic mass is 10.1. The molecule has 130 valence electrons. The first-order valence-electron chi connectivity index (χ1n) is 7.54. The van der Waals surface area contributed by atoms with Gasteiger partial charge in [0.1, 0.15) is 0 Å². The summed E-state index contributed by atoms with van der Waals surface area (Å²) in [7, 11) is 3.09. The molecule has 0 bridgehead atoms. The van der Waals surface area contributed by atoms with Crippen LogP contribution in [0.2, 0.25) is 0 Å². The van der Waals surface area contributed by atoms with Gasteiger partial charge >= 0.3 is 5.97 Å². The van der Waals surface area contributed by atoms with Crippen LogP contribution < -0.4 is 14.8 Å². The quantitative estimate of drug-likeness (QED) is 0.757. The Hall–Kier alpha value is -3.28. The van der Waals surface area contributed by atoms with Gasteiger partial charge in [-0.3, -0.25) is 4.79 Å². The lowest BCUT2D eigenvalue weighted by molar-refractivity contribution is -0.116. The third-order valence-electron chi connectivity index (χ3n) is 3.52. The molecule has 0 aromatic heterocycles. The Morgan fingerprint density at radius 3 is 2.40 bits per heavy atom. The van der Waals surface area contributed by atoms with E-state index in [0.29, 0.717) is 18.0 Å². The lowest BCUT2D eigenvalue weighted by Crippen LogP contribution is -2.20. The Balaban J connectivity index is 1.98. The van der Waals surface area contributed by atoms with Crippen molar-refractivity contribution in [2.24, 2.45) is 0 Å². The molecule has 1 amide bonds. The standard InChI is InChI=1S/C19H19NO5/c1-24-16-5-3-4-14(18(16)25-2)10-11-17(21)20-12-13-6-8-15(9-7-13)19(22)23/h3-11H,12H2,1-2H3,(H,20,21)(H,22,23)/b11-10-. The fraction of sp³-hybridized carbons (Fsp3) is 0.158. The van der Waals surface area contributed by atoms with Crippen LogP contribution in [0.4, 0.5) is 0 Å². The van der Waals surface area contributed by atoms with E-state index in [0.717, 1.165) is 11.1 Å². The summed E-state index contributed by atoms with van der Waals surface area (Å²) in [6.07, 6.45) is 3.05. The molecule has 0 aliphatic heterocycles. The Labute approximate surface area is 145 Å². The minimum atomic E-state index is -0.981. The number of nitrogens with one attached hydrogen (secondary N) is 1. The number of methoxy groups -OCH3 is 2. The molecule has 0 spiro atoms. The van der Waals surface area contributed by atoms with E-state index in [4.69, 9.17) is 14.6 Å². The van der Waals surface area contributed by atoms with Crippen molar-refractivity contribution >= 4 is 18.0 Å². The third-order valence-corrected chi connectivity index (χ3v) is 3.52. The van der Waals surface area contributed by atoms with Gasteiger partial charge < -0.3 is 19.9 Å². The maximum Gasteiger partial charge on any atom is 0.335 e. The predicted molar refractivity (Wildman–Crippen MR) is 93.8 cm³/mol. The summed E-state index contributed by atoms with van der Waals surface area (Å²) in [5.74, 6) is -0.111. The van der Waals surface area contributed by atoms with Gasteiger partial charge in [-0.2, -0.15) is 0 Å². The summed E-state index contributed by atoms with van der Waals surface area (Å²) in [4.78, 5) is 22.8. The summed E-state index contributed by atoms with van der Waals surface area (Å²) in [5.41, 5.74) is 1.74. The van der Waals surface area contributed by atoms with Crippen molar-refractivity contribution in [3.63, 3.8) is 0 Å². The zero-order chi connectivity index (χ0) is 18.2. The highest BCUT2D eigenvalue weighted by atomic mass is 16.5. The van der Waals surface area contributed by atoms with Crippen LogP contribution in [0.3, 0.4) is 0 Å². The van der Waals surface area contributed by atoms with Crippen LogP contribution in [0.5, 0.6) is 11.5 Å². The highest BCUT2D eigenvalue weighted by Crippen LogP contribution is 2.31. The van der Waals surface area contributed by atoms with E-state index < -0.39 is 5.97 Å². The van der Waals surface area contributed by atoms with Crippen molar-refractivity contribution in [2.75, 3.05) is 14.2 Å². The zero-order valence-corrected chi connectivity index (χ0v) is 14.0. The van der Waals surface area contributed by atoms with Gasteiger partial charge in [-0.05, 0) is 29.8 Å². The van der Waals surface area contributed by atoms with Crippen molar-refractivity contribution in [1.82, 2.24) is 5.32 Å². The summed E-state index contributed by atoms with van der Waals surface area (Å²) >= 11 is 0. The third kappa shape index (κ3) is 4.84. The molecule has 6 heteroatoms. The van der Waals surface area contributed by atoms with Crippen molar-refractivity contribution in [2.45, 2.75) is 6.54 Å². The molecule has 0 radical (unpaired) electrons. The number of carbonyl (C=O) groups is 2. The predicted octanol–water partition coefficient (Wildman–Crippen LogP) is 2.73. The number of amides is 1. The van der Waals surface area contributed by atoms with E-state index in [9.17, 15) is 9.59 Å². The second-order valence-corrected chi connectivity index (χ2v) is 5.14. The molecule has 0 aliphatic carbocycles. The zero-order valence-electron chi connectivity index (χ0n) is 14.0. The van der Waals surface area contributed by atoms with Crippen LogP contribution in [-0.2, 0) is 11.3 Å². The number of carboxylic acids is 1. The van der Waals surface area contributed by atoms with E-state index in [-0.39, 0.29) is 11.5 Å². The minimum Gasteiger partial charge on any atom is -0.493 e. The molecule has 2 rings (SSSR count). The highest BCUT2D eigenvalue weighted by molar-refractivity contribution is 5.92. The van der Waals surface area contributed by atoms with Crippen molar-refractivity contribution in [3.05, 3.63) is 65.2 Å². The summed E-state index contributed by atoms with van der Waals surface area (Å²) in [6, 6.07) is 11.7. The average Bonchev–Trinajstić information content (AvgIpc) is 2.64. The normalized spacial score (nSPS) is 10.5. The minimum absolute atomic E-state index is 0.208. The van der Waals surface area contributed by atoms with E-state index in [1.807, 2.05) is 12.1 Å². The molecule has 2 aromatic rings. The van der Waals surface area contributed by atoms with Crippen molar-refractivity contribution < 1.29 is 24.2 Å². The number of benzene rings is 2. The molecule has 0 unspecified atom stereocenters. The number of para-hydroxylation sites is 1. The first-order chi connectivity index (χ1) is 12.0. The number of carboxylic acid groups (broad SMARTS) is 1. The number of ether oxygens (including phenoxy) is 2.